The molecule has 0 fully saturated rings. The van der Waals surface area contributed by atoms with Crippen LogP contribution in [-0.2, 0) is 0 Å². The van der Waals surface area contributed by atoms with E-state index < -0.39 is 18.1 Å². The van der Waals surface area contributed by atoms with E-state index in [0.717, 1.165) is 0 Å². The quantitative estimate of drug-likeness (QED) is 0.127. The van der Waals surface area contributed by atoms with Gasteiger partial charge in [-0.05, 0) is 47.2 Å². The second kappa shape index (κ2) is 8.97. The van der Waals surface area contributed by atoms with Crippen molar-refractivity contribution < 1.29 is 40.2 Å². The first kappa shape index (κ1) is 23.3. The molecule has 0 aliphatic heterocycles. The van der Waals surface area contributed by atoms with Gasteiger partial charge in [0.15, 0.2) is 11.5 Å². The van der Waals surface area contributed by atoms with Crippen LogP contribution in [0.25, 0.3) is 0 Å². The Morgan fingerprint density at radius 3 is 2.30 bits per heavy atom. The Balaban J connectivity index is 3.06. The number of alkyl halides is 7. The fourth-order valence-electron chi connectivity index (χ4n) is 1.64. The highest BCUT2D eigenvalue weighted by Crippen LogP contribution is 2.45. The van der Waals surface area contributed by atoms with Gasteiger partial charge in [0.1, 0.15) is 6.61 Å². The van der Waals surface area contributed by atoms with Crippen LogP contribution in [0.5, 0.6) is 11.5 Å². The predicted octanol–water partition coefficient (Wildman–Crippen LogP) is 4.97. The molecule has 27 heavy (non-hydrogen) atoms. The largest absolute Gasteiger partial charge is 0.490 e. The molecule has 0 aliphatic rings. The number of rotatable bonds is 9. The SMILES string of the molecule is C=CCOc1c(I)cc(/C=N\NC(F)(F)C(F)(F)C(F)(F)F)cc1OCC. The van der Waals surface area contributed by atoms with Gasteiger partial charge in [0.25, 0.3) is 0 Å². The van der Waals surface area contributed by atoms with E-state index in [1.165, 1.54) is 18.2 Å². The zero-order chi connectivity index (χ0) is 20.9. The summed E-state index contributed by atoms with van der Waals surface area (Å²) >= 11 is 1.84. The minimum Gasteiger partial charge on any atom is -0.490 e. The van der Waals surface area contributed by atoms with Gasteiger partial charge in [0.2, 0.25) is 0 Å². The Kier molecular flexibility index (Phi) is 7.75. The van der Waals surface area contributed by atoms with Crippen molar-refractivity contribution >= 4 is 28.8 Å². The number of halogens is 8. The van der Waals surface area contributed by atoms with Gasteiger partial charge in [0, 0.05) is 0 Å². The summed E-state index contributed by atoms with van der Waals surface area (Å²) in [6, 6.07) is -2.95. The summed E-state index contributed by atoms with van der Waals surface area (Å²) < 4.78 is 99.2. The van der Waals surface area contributed by atoms with Crippen molar-refractivity contribution in [2.24, 2.45) is 5.10 Å². The van der Waals surface area contributed by atoms with E-state index >= 15 is 0 Å². The van der Waals surface area contributed by atoms with Gasteiger partial charge >= 0.3 is 18.1 Å². The molecule has 0 radical (unpaired) electrons. The van der Waals surface area contributed by atoms with Crippen LogP contribution >= 0.6 is 22.6 Å². The molecule has 0 saturated carbocycles. The van der Waals surface area contributed by atoms with Crippen molar-refractivity contribution in [2.45, 2.75) is 25.1 Å². The summed E-state index contributed by atoms with van der Waals surface area (Å²) in [5, 5.41) is 2.81. The zero-order valence-electron chi connectivity index (χ0n) is 13.7. The first-order valence-corrected chi connectivity index (χ1v) is 8.27. The molecular weight excluding hydrogens is 500 g/mol. The first-order valence-electron chi connectivity index (χ1n) is 7.20. The van der Waals surface area contributed by atoms with E-state index in [1.807, 2.05) is 22.6 Å². The summed E-state index contributed by atoms with van der Waals surface area (Å²) in [6.45, 7) is 5.55. The van der Waals surface area contributed by atoms with Crippen LogP contribution in [0.3, 0.4) is 0 Å². The van der Waals surface area contributed by atoms with Crippen molar-refractivity contribution in [3.63, 3.8) is 0 Å². The Hall–Kier alpha value is -1.73. The van der Waals surface area contributed by atoms with Crippen LogP contribution in [0.1, 0.15) is 12.5 Å². The monoisotopic (exact) mass is 514 g/mol. The zero-order valence-corrected chi connectivity index (χ0v) is 15.9. The molecule has 0 heterocycles. The molecule has 1 aromatic carbocycles. The van der Waals surface area contributed by atoms with Crippen LogP contribution in [0.4, 0.5) is 30.7 Å². The van der Waals surface area contributed by atoms with Crippen LogP contribution in [-0.4, -0.2) is 37.6 Å². The molecule has 152 valence electrons. The predicted molar refractivity (Wildman–Crippen MR) is 92.7 cm³/mol. The van der Waals surface area contributed by atoms with Crippen molar-refractivity contribution in [2.75, 3.05) is 13.2 Å². The van der Waals surface area contributed by atoms with Crippen molar-refractivity contribution in [3.05, 3.63) is 33.9 Å². The Labute approximate surface area is 163 Å². The third-order valence-electron chi connectivity index (χ3n) is 2.85. The van der Waals surface area contributed by atoms with Gasteiger partial charge < -0.3 is 9.47 Å². The molecule has 0 aliphatic carbocycles. The third-order valence-corrected chi connectivity index (χ3v) is 3.65. The molecule has 0 bridgehead atoms. The van der Waals surface area contributed by atoms with Gasteiger partial charge in [-0.25, -0.2) is 5.43 Å². The van der Waals surface area contributed by atoms with Crippen LogP contribution in [0.2, 0.25) is 0 Å². The maximum absolute atomic E-state index is 13.1. The molecular formula is C15H14F7IN2O2. The third kappa shape index (κ3) is 5.62. The molecule has 0 amide bonds. The smallest absolute Gasteiger partial charge is 0.462 e. The first-order chi connectivity index (χ1) is 12.4. The van der Waals surface area contributed by atoms with Gasteiger partial charge in [-0.1, -0.05) is 12.7 Å². The number of benzene rings is 1. The topological polar surface area (TPSA) is 42.8 Å². The lowest BCUT2D eigenvalue weighted by Gasteiger charge is -2.27. The van der Waals surface area contributed by atoms with Gasteiger partial charge in [-0.3, -0.25) is 0 Å². The maximum Gasteiger partial charge on any atom is 0.462 e. The molecule has 1 aromatic rings. The van der Waals surface area contributed by atoms with E-state index in [0.29, 0.717) is 21.0 Å². The highest BCUT2D eigenvalue weighted by molar-refractivity contribution is 14.1. The number of nitrogens with zero attached hydrogens (tertiary/aromatic N) is 1. The highest BCUT2D eigenvalue weighted by Gasteiger charge is 2.73. The minimum atomic E-state index is -6.44. The Morgan fingerprint density at radius 1 is 1.15 bits per heavy atom. The summed E-state index contributed by atoms with van der Waals surface area (Å²) in [5.41, 5.74) is 0.657. The second-order valence-electron chi connectivity index (χ2n) is 4.88. The van der Waals surface area contributed by atoms with Gasteiger partial charge in [0.05, 0.1) is 16.4 Å². The summed E-state index contributed by atoms with van der Waals surface area (Å²) in [6.07, 6.45) is -4.31. The molecule has 0 unspecified atom stereocenters. The summed E-state index contributed by atoms with van der Waals surface area (Å²) in [7, 11) is 0. The van der Waals surface area contributed by atoms with E-state index in [4.69, 9.17) is 9.47 Å². The van der Waals surface area contributed by atoms with E-state index in [1.54, 1.807) is 6.92 Å². The lowest BCUT2D eigenvalue weighted by atomic mass is 10.2. The Morgan fingerprint density at radius 2 is 1.78 bits per heavy atom. The van der Waals surface area contributed by atoms with Crippen LogP contribution < -0.4 is 14.9 Å². The van der Waals surface area contributed by atoms with E-state index in [9.17, 15) is 30.7 Å². The van der Waals surface area contributed by atoms with Gasteiger partial charge in [-0.2, -0.15) is 35.8 Å². The number of ether oxygens (including phenoxy) is 2. The molecule has 0 spiro atoms. The van der Waals surface area contributed by atoms with Crippen molar-refractivity contribution in [1.82, 2.24) is 5.43 Å². The summed E-state index contributed by atoms with van der Waals surface area (Å²) in [4.78, 5) is 0. The molecule has 0 aromatic heterocycles. The van der Waals surface area contributed by atoms with Crippen LogP contribution in [0.15, 0.2) is 29.9 Å². The number of hydrazone groups is 1. The summed E-state index contributed by atoms with van der Waals surface area (Å²) in [5.74, 6) is -5.76. The fraction of sp³-hybridized carbons (Fsp3) is 0.400. The second-order valence-corrected chi connectivity index (χ2v) is 6.04. The number of hydrogen-bond acceptors (Lipinski definition) is 4. The standard InChI is InChI=1S/C15H14F7IN2O2/c1-3-5-27-12-10(23)6-9(7-11(12)26-4-2)8-24-25-15(21,22)13(16,17)14(18,19)20/h3,6-8,25H,1,4-5H2,2H3/b24-8-. The highest BCUT2D eigenvalue weighted by atomic mass is 127. The van der Waals surface area contributed by atoms with Crippen LogP contribution in [0, 0.1) is 3.57 Å². The fourth-order valence-corrected chi connectivity index (χ4v) is 2.42. The van der Waals surface area contributed by atoms with E-state index in [2.05, 4.69) is 11.7 Å². The average Bonchev–Trinajstić information content (AvgIpc) is 2.53. The molecule has 1 rings (SSSR count). The number of nitrogens with one attached hydrogen (secondary N) is 1. The lowest BCUT2D eigenvalue weighted by molar-refractivity contribution is -0.361. The van der Waals surface area contributed by atoms with Gasteiger partial charge in [-0.15, -0.1) is 0 Å². The van der Waals surface area contributed by atoms with E-state index in [-0.39, 0.29) is 24.5 Å². The minimum absolute atomic E-state index is 0.104. The lowest BCUT2D eigenvalue weighted by Crippen LogP contribution is -2.58. The molecule has 0 saturated heterocycles. The maximum atomic E-state index is 13.1. The number of hydrogen-bond donors (Lipinski definition) is 1. The molecule has 12 heteroatoms. The molecule has 0 atom stereocenters. The normalized spacial score (nSPS) is 12.9. The molecule has 1 N–H and O–H groups in total. The van der Waals surface area contributed by atoms with Crippen molar-refractivity contribution in [3.8, 4) is 11.5 Å². The average molecular weight is 514 g/mol. The molecule has 4 nitrogen and oxygen atoms in total. The van der Waals surface area contributed by atoms with Crippen molar-refractivity contribution in [1.29, 1.82) is 0 Å². The Bertz CT molecular complexity index is 693.